The molecule has 0 radical (unpaired) electrons. The molecule has 0 saturated carbocycles. The Morgan fingerprint density at radius 1 is 1.38 bits per heavy atom. The SMILES string of the molecule is FC(F)n1ccc(CN2CCNCC2c2cccnc2)n1. The average molecular weight is 293 g/mol. The zero-order valence-electron chi connectivity index (χ0n) is 11.5. The van der Waals surface area contributed by atoms with Crippen LogP contribution < -0.4 is 5.32 Å². The molecule has 112 valence electrons. The molecule has 1 saturated heterocycles. The Hall–Kier alpha value is -1.86. The van der Waals surface area contributed by atoms with E-state index in [1.54, 1.807) is 12.3 Å². The van der Waals surface area contributed by atoms with Crippen molar-refractivity contribution in [3.8, 4) is 0 Å². The highest BCUT2D eigenvalue weighted by molar-refractivity contribution is 5.16. The molecule has 1 fully saturated rings. The summed E-state index contributed by atoms with van der Waals surface area (Å²) in [5.74, 6) is 0. The van der Waals surface area contributed by atoms with E-state index in [1.165, 1.54) is 6.20 Å². The molecule has 1 aliphatic rings. The molecule has 5 nitrogen and oxygen atoms in total. The third kappa shape index (κ3) is 3.25. The van der Waals surface area contributed by atoms with E-state index in [0.717, 1.165) is 25.2 Å². The Labute approximate surface area is 121 Å². The molecule has 2 aromatic rings. The quantitative estimate of drug-likeness (QED) is 0.934. The first-order chi connectivity index (χ1) is 10.2. The van der Waals surface area contributed by atoms with Gasteiger partial charge >= 0.3 is 6.55 Å². The molecule has 21 heavy (non-hydrogen) atoms. The highest BCUT2D eigenvalue weighted by atomic mass is 19.3. The summed E-state index contributed by atoms with van der Waals surface area (Å²) in [4.78, 5) is 6.40. The Kier molecular flexibility index (Phi) is 4.21. The number of piperazine rings is 1. The van der Waals surface area contributed by atoms with Gasteiger partial charge in [0.2, 0.25) is 0 Å². The van der Waals surface area contributed by atoms with Crippen LogP contribution in [0.5, 0.6) is 0 Å². The molecule has 0 aliphatic carbocycles. The van der Waals surface area contributed by atoms with Gasteiger partial charge in [-0.3, -0.25) is 9.88 Å². The summed E-state index contributed by atoms with van der Waals surface area (Å²) in [6, 6.07) is 5.78. The van der Waals surface area contributed by atoms with Gasteiger partial charge in [-0.05, 0) is 17.7 Å². The van der Waals surface area contributed by atoms with Gasteiger partial charge in [0.15, 0.2) is 0 Å². The first-order valence-corrected chi connectivity index (χ1v) is 6.91. The minimum Gasteiger partial charge on any atom is -0.314 e. The summed E-state index contributed by atoms with van der Waals surface area (Å²) in [7, 11) is 0. The molecular weight excluding hydrogens is 276 g/mol. The topological polar surface area (TPSA) is 46.0 Å². The third-order valence-electron chi connectivity index (χ3n) is 3.65. The Bertz CT molecular complexity index is 572. The van der Waals surface area contributed by atoms with Crippen molar-refractivity contribution in [2.45, 2.75) is 19.1 Å². The van der Waals surface area contributed by atoms with Crippen molar-refractivity contribution in [2.24, 2.45) is 0 Å². The monoisotopic (exact) mass is 293 g/mol. The van der Waals surface area contributed by atoms with Crippen LogP contribution in [0.15, 0.2) is 36.8 Å². The van der Waals surface area contributed by atoms with Crippen LogP contribution >= 0.6 is 0 Å². The summed E-state index contributed by atoms with van der Waals surface area (Å²) in [6.07, 6.45) is 4.91. The standard InChI is InChI=1S/C14H17F2N5/c15-14(16)21-6-3-12(19-21)10-20-7-5-18-9-13(20)11-2-1-4-17-8-11/h1-4,6,8,13-14,18H,5,7,9-10H2. The number of nitrogens with one attached hydrogen (secondary N) is 1. The van der Waals surface area contributed by atoms with Crippen LogP contribution in [-0.4, -0.2) is 39.3 Å². The lowest BCUT2D eigenvalue weighted by Crippen LogP contribution is -2.45. The van der Waals surface area contributed by atoms with Gasteiger partial charge in [0, 0.05) is 50.8 Å². The van der Waals surface area contributed by atoms with Crippen LogP contribution in [0, 0.1) is 0 Å². The van der Waals surface area contributed by atoms with Crippen molar-refractivity contribution in [3.05, 3.63) is 48.0 Å². The Balaban J connectivity index is 1.75. The average Bonchev–Trinajstić information content (AvgIpc) is 2.98. The largest absolute Gasteiger partial charge is 0.333 e. The molecule has 0 amide bonds. The second kappa shape index (κ2) is 6.28. The molecule has 1 unspecified atom stereocenters. The highest BCUT2D eigenvalue weighted by Crippen LogP contribution is 2.23. The maximum atomic E-state index is 12.6. The molecule has 1 atom stereocenters. The summed E-state index contributed by atoms with van der Waals surface area (Å²) >= 11 is 0. The smallest absolute Gasteiger partial charge is 0.314 e. The highest BCUT2D eigenvalue weighted by Gasteiger charge is 2.24. The zero-order valence-corrected chi connectivity index (χ0v) is 11.5. The van der Waals surface area contributed by atoms with Gasteiger partial charge in [-0.2, -0.15) is 13.9 Å². The molecule has 1 N–H and O–H groups in total. The van der Waals surface area contributed by atoms with Crippen LogP contribution in [0.1, 0.15) is 23.8 Å². The summed E-state index contributed by atoms with van der Waals surface area (Å²) < 4.78 is 25.8. The van der Waals surface area contributed by atoms with Crippen LogP contribution in [0.3, 0.4) is 0 Å². The number of nitrogens with zero attached hydrogens (tertiary/aromatic N) is 4. The number of hydrogen-bond donors (Lipinski definition) is 1. The molecule has 7 heteroatoms. The van der Waals surface area contributed by atoms with Gasteiger partial charge in [-0.15, -0.1) is 0 Å². The van der Waals surface area contributed by atoms with Crippen LogP contribution in [0.4, 0.5) is 8.78 Å². The van der Waals surface area contributed by atoms with E-state index in [9.17, 15) is 8.78 Å². The number of rotatable bonds is 4. The zero-order chi connectivity index (χ0) is 14.7. The molecule has 3 rings (SSSR count). The van der Waals surface area contributed by atoms with Crippen molar-refractivity contribution < 1.29 is 8.78 Å². The van der Waals surface area contributed by atoms with Gasteiger partial charge in [-0.25, -0.2) is 4.68 Å². The third-order valence-corrected chi connectivity index (χ3v) is 3.65. The molecule has 2 aromatic heterocycles. The van der Waals surface area contributed by atoms with Gasteiger partial charge in [0.1, 0.15) is 0 Å². The van der Waals surface area contributed by atoms with E-state index in [1.807, 2.05) is 18.3 Å². The van der Waals surface area contributed by atoms with E-state index in [4.69, 9.17) is 0 Å². The molecule has 1 aliphatic heterocycles. The first-order valence-electron chi connectivity index (χ1n) is 6.91. The predicted molar refractivity (Wildman–Crippen MR) is 73.7 cm³/mol. The molecule has 3 heterocycles. The molecular formula is C14H17F2N5. The lowest BCUT2D eigenvalue weighted by atomic mass is 10.1. The van der Waals surface area contributed by atoms with E-state index >= 15 is 0 Å². The van der Waals surface area contributed by atoms with E-state index in [0.29, 0.717) is 16.9 Å². The number of pyridine rings is 1. The number of alkyl halides is 2. The second-order valence-corrected chi connectivity index (χ2v) is 5.04. The fraction of sp³-hybridized carbons (Fsp3) is 0.429. The lowest BCUT2D eigenvalue weighted by molar-refractivity contribution is 0.0554. The second-order valence-electron chi connectivity index (χ2n) is 5.04. The first kappa shape index (κ1) is 14.1. The fourth-order valence-electron chi connectivity index (χ4n) is 2.62. The number of hydrogen-bond acceptors (Lipinski definition) is 4. The number of aromatic nitrogens is 3. The molecule has 0 bridgehead atoms. The summed E-state index contributed by atoms with van der Waals surface area (Å²) in [5, 5.41) is 7.28. The summed E-state index contributed by atoms with van der Waals surface area (Å²) in [6.45, 7) is 0.520. The Morgan fingerprint density at radius 2 is 2.29 bits per heavy atom. The van der Waals surface area contributed by atoms with Crippen molar-refractivity contribution >= 4 is 0 Å². The maximum absolute atomic E-state index is 12.6. The van der Waals surface area contributed by atoms with Crippen LogP contribution in [0.2, 0.25) is 0 Å². The van der Waals surface area contributed by atoms with Crippen LogP contribution in [-0.2, 0) is 6.54 Å². The summed E-state index contributed by atoms with van der Waals surface area (Å²) in [5.41, 5.74) is 1.78. The van der Waals surface area contributed by atoms with Crippen molar-refractivity contribution in [2.75, 3.05) is 19.6 Å². The lowest BCUT2D eigenvalue weighted by Gasteiger charge is -2.35. The van der Waals surface area contributed by atoms with Crippen molar-refractivity contribution in [3.63, 3.8) is 0 Å². The van der Waals surface area contributed by atoms with E-state index in [-0.39, 0.29) is 6.04 Å². The van der Waals surface area contributed by atoms with Gasteiger partial charge < -0.3 is 5.32 Å². The normalized spacial score (nSPS) is 20.0. The van der Waals surface area contributed by atoms with Gasteiger partial charge in [0.25, 0.3) is 0 Å². The molecule has 0 aromatic carbocycles. The van der Waals surface area contributed by atoms with E-state index < -0.39 is 6.55 Å². The Morgan fingerprint density at radius 3 is 3.00 bits per heavy atom. The fourth-order valence-corrected chi connectivity index (χ4v) is 2.62. The van der Waals surface area contributed by atoms with Crippen molar-refractivity contribution in [1.82, 2.24) is 25.0 Å². The van der Waals surface area contributed by atoms with Gasteiger partial charge in [0.05, 0.1) is 5.69 Å². The van der Waals surface area contributed by atoms with Crippen LogP contribution in [0.25, 0.3) is 0 Å². The molecule has 0 spiro atoms. The minimum atomic E-state index is -2.59. The van der Waals surface area contributed by atoms with Gasteiger partial charge in [-0.1, -0.05) is 6.07 Å². The van der Waals surface area contributed by atoms with Crippen molar-refractivity contribution in [1.29, 1.82) is 0 Å². The van der Waals surface area contributed by atoms with E-state index in [2.05, 4.69) is 20.3 Å². The predicted octanol–water partition coefficient (Wildman–Crippen LogP) is 1.82. The minimum absolute atomic E-state index is 0.184. The maximum Gasteiger partial charge on any atom is 0.333 e. The number of halogens is 2.